The van der Waals surface area contributed by atoms with Gasteiger partial charge < -0.3 is 10.3 Å². The van der Waals surface area contributed by atoms with E-state index in [2.05, 4.69) is 31.1 Å². The quantitative estimate of drug-likeness (QED) is 0.778. The number of nitrogens with two attached hydrogens (primary N) is 1. The van der Waals surface area contributed by atoms with Crippen LogP contribution < -0.4 is 5.73 Å². The Bertz CT molecular complexity index is 760. The molecule has 100 valence electrons. The lowest BCUT2D eigenvalue weighted by Gasteiger charge is -2.02. The molecule has 3 rings (SSSR count). The highest BCUT2D eigenvalue weighted by Crippen LogP contribution is 2.36. The number of anilines is 1. The molecule has 0 bridgehead atoms. The Morgan fingerprint density at radius 1 is 1.25 bits per heavy atom. The molecule has 0 aliphatic carbocycles. The van der Waals surface area contributed by atoms with Gasteiger partial charge in [-0.05, 0) is 40.2 Å². The number of halogens is 2. The number of hydrogen-bond acceptors (Lipinski definition) is 5. The molecule has 0 radical (unpaired) electrons. The highest BCUT2D eigenvalue weighted by Gasteiger charge is 2.19. The summed E-state index contributed by atoms with van der Waals surface area (Å²) in [6, 6.07) is 6.25. The molecule has 0 amide bonds. The molecule has 2 heterocycles. The van der Waals surface area contributed by atoms with Gasteiger partial charge in [0.25, 0.3) is 0 Å². The van der Waals surface area contributed by atoms with E-state index in [1.807, 2.05) is 0 Å². The van der Waals surface area contributed by atoms with E-state index in [0.29, 0.717) is 27.0 Å². The molecule has 0 saturated carbocycles. The summed E-state index contributed by atoms with van der Waals surface area (Å²) >= 11 is 3.14. The molecule has 0 aliphatic rings. The number of benzene rings is 1. The van der Waals surface area contributed by atoms with E-state index < -0.39 is 0 Å². The molecule has 2 aromatic heterocycles. The monoisotopic (exact) mass is 334 g/mol. The molecule has 0 fully saturated rings. The van der Waals surface area contributed by atoms with Crippen molar-refractivity contribution in [2.45, 2.75) is 0 Å². The van der Waals surface area contributed by atoms with Gasteiger partial charge in [-0.25, -0.2) is 14.4 Å². The van der Waals surface area contributed by atoms with Crippen LogP contribution >= 0.6 is 15.9 Å². The van der Waals surface area contributed by atoms with Crippen LogP contribution in [-0.2, 0) is 0 Å². The zero-order chi connectivity index (χ0) is 14.1. The average molecular weight is 335 g/mol. The Kier molecular flexibility index (Phi) is 3.19. The van der Waals surface area contributed by atoms with Gasteiger partial charge >= 0.3 is 0 Å². The molecule has 0 saturated heterocycles. The molecule has 0 spiro atoms. The van der Waals surface area contributed by atoms with E-state index in [4.69, 9.17) is 10.3 Å². The van der Waals surface area contributed by atoms with Crippen LogP contribution in [0, 0.1) is 5.82 Å². The van der Waals surface area contributed by atoms with E-state index >= 15 is 0 Å². The number of nitrogens with zero attached hydrogens (tertiary/aromatic N) is 3. The Balaban J connectivity index is 2.18. The Morgan fingerprint density at radius 3 is 2.80 bits per heavy atom. The fraction of sp³-hybridized carbons (Fsp3) is 0. The first-order valence-corrected chi connectivity index (χ1v) is 6.43. The van der Waals surface area contributed by atoms with Crippen LogP contribution in [0.15, 0.2) is 45.8 Å². The average Bonchev–Trinajstić information content (AvgIpc) is 2.85. The van der Waals surface area contributed by atoms with Crippen molar-refractivity contribution in [2.75, 3.05) is 5.73 Å². The van der Waals surface area contributed by atoms with Gasteiger partial charge in [-0.15, -0.1) is 0 Å². The Morgan fingerprint density at radius 2 is 2.10 bits per heavy atom. The maximum atomic E-state index is 13.3. The minimum absolute atomic E-state index is 0.152. The minimum Gasteiger partial charge on any atom is -0.367 e. The maximum absolute atomic E-state index is 13.3. The van der Waals surface area contributed by atoms with Crippen molar-refractivity contribution in [3.05, 3.63) is 47.1 Å². The van der Waals surface area contributed by atoms with E-state index in [-0.39, 0.29) is 11.7 Å². The van der Waals surface area contributed by atoms with Crippen molar-refractivity contribution in [3.63, 3.8) is 0 Å². The second kappa shape index (κ2) is 5.01. The molecular formula is C13H8BrFN4O. The summed E-state index contributed by atoms with van der Waals surface area (Å²) < 4.78 is 18.7. The van der Waals surface area contributed by atoms with Crippen LogP contribution in [0.5, 0.6) is 0 Å². The first-order valence-electron chi connectivity index (χ1n) is 5.64. The predicted molar refractivity (Wildman–Crippen MR) is 75.0 cm³/mol. The van der Waals surface area contributed by atoms with Gasteiger partial charge in [0.15, 0.2) is 0 Å². The van der Waals surface area contributed by atoms with Crippen molar-refractivity contribution in [3.8, 4) is 22.5 Å². The third-order valence-corrected chi connectivity index (χ3v) is 3.36. The number of aromatic nitrogens is 3. The van der Waals surface area contributed by atoms with Crippen molar-refractivity contribution >= 4 is 21.8 Å². The highest BCUT2D eigenvalue weighted by molar-refractivity contribution is 9.10. The van der Waals surface area contributed by atoms with Crippen molar-refractivity contribution in [1.29, 1.82) is 0 Å². The second-order valence-corrected chi connectivity index (χ2v) is 4.85. The first kappa shape index (κ1) is 12.7. The molecular weight excluding hydrogens is 327 g/mol. The van der Waals surface area contributed by atoms with Gasteiger partial charge in [-0.2, -0.15) is 0 Å². The van der Waals surface area contributed by atoms with Crippen molar-refractivity contribution in [2.24, 2.45) is 0 Å². The zero-order valence-corrected chi connectivity index (χ0v) is 11.6. The van der Waals surface area contributed by atoms with E-state index in [1.165, 1.54) is 12.4 Å². The lowest BCUT2D eigenvalue weighted by molar-refractivity contribution is 0.439. The lowest BCUT2D eigenvalue weighted by Crippen LogP contribution is -1.91. The highest BCUT2D eigenvalue weighted by atomic mass is 79.9. The SMILES string of the molecule is Nc1onc(-c2ccc(F)c(Br)c2)c1-c1ccncn1. The second-order valence-electron chi connectivity index (χ2n) is 3.99. The van der Waals surface area contributed by atoms with Crippen molar-refractivity contribution in [1.82, 2.24) is 15.1 Å². The first-order chi connectivity index (χ1) is 9.66. The smallest absolute Gasteiger partial charge is 0.232 e. The zero-order valence-electron chi connectivity index (χ0n) is 10.0. The topological polar surface area (TPSA) is 77.8 Å². The summed E-state index contributed by atoms with van der Waals surface area (Å²) in [4.78, 5) is 7.98. The summed E-state index contributed by atoms with van der Waals surface area (Å²) in [5.41, 5.74) is 8.13. The van der Waals surface area contributed by atoms with E-state index in [9.17, 15) is 4.39 Å². The van der Waals surface area contributed by atoms with Crippen LogP contribution in [0.1, 0.15) is 0 Å². The molecule has 0 unspecified atom stereocenters. The molecule has 20 heavy (non-hydrogen) atoms. The predicted octanol–water partition coefficient (Wildman–Crippen LogP) is 3.28. The largest absolute Gasteiger partial charge is 0.367 e. The summed E-state index contributed by atoms with van der Waals surface area (Å²) in [6.45, 7) is 0. The fourth-order valence-electron chi connectivity index (χ4n) is 1.83. The molecule has 7 heteroatoms. The molecule has 0 aliphatic heterocycles. The van der Waals surface area contributed by atoms with E-state index in [0.717, 1.165) is 0 Å². The molecule has 3 aromatic rings. The van der Waals surface area contributed by atoms with Gasteiger partial charge in [-0.3, -0.25) is 0 Å². The van der Waals surface area contributed by atoms with Gasteiger partial charge in [0, 0.05) is 11.8 Å². The van der Waals surface area contributed by atoms with Crippen LogP contribution in [0.3, 0.4) is 0 Å². The third-order valence-electron chi connectivity index (χ3n) is 2.75. The number of rotatable bonds is 2. The standard InChI is InChI=1S/C13H8BrFN4O/c14-8-5-7(1-2-9(8)15)12-11(13(16)20-19-12)10-3-4-17-6-18-10/h1-6H,16H2. The Labute approximate surface area is 121 Å². The summed E-state index contributed by atoms with van der Waals surface area (Å²) in [7, 11) is 0. The van der Waals surface area contributed by atoms with Crippen LogP contribution in [0.2, 0.25) is 0 Å². The van der Waals surface area contributed by atoms with Crippen LogP contribution in [0.4, 0.5) is 10.3 Å². The Hall–Kier alpha value is -2.28. The normalized spacial score (nSPS) is 10.7. The number of nitrogen functional groups attached to an aromatic ring is 1. The maximum Gasteiger partial charge on any atom is 0.232 e. The van der Waals surface area contributed by atoms with Gasteiger partial charge in [-0.1, -0.05) is 5.16 Å². The fourth-order valence-corrected chi connectivity index (χ4v) is 2.21. The van der Waals surface area contributed by atoms with E-state index in [1.54, 1.807) is 24.4 Å². The van der Waals surface area contributed by atoms with Crippen LogP contribution in [0.25, 0.3) is 22.5 Å². The van der Waals surface area contributed by atoms with Gasteiger partial charge in [0.1, 0.15) is 17.8 Å². The number of hydrogen-bond donors (Lipinski definition) is 1. The minimum atomic E-state index is -0.353. The molecule has 0 atom stereocenters. The molecule has 2 N–H and O–H groups in total. The van der Waals surface area contributed by atoms with Crippen molar-refractivity contribution < 1.29 is 8.91 Å². The molecule has 1 aromatic carbocycles. The summed E-state index contributed by atoms with van der Waals surface area (Å²) in [6.07, 6.45) is 3.01. The summed E-state index contributed by atoms with van der Waals surface area (Å²) in [5, 5.41) is 3.93. The molecule has 5 nitrogen and oxygen atoms in total. The van der Waals surface area contributed by atoms with Crippen LogP contribution in [-0.4, -0.2) is 15.1 Å². The van der Waals surface area contributed by atoms with Gasteiger partial charge in [0.2, 0.25) is 5.88 Å². The third kappa shape index (κ3) is 2.16. The lowest BCUT2D eigenvalue weighted by atomic mass is 10.1. The van der Waals surface area contributed by atoms with Gasteiger partial charge in [0.05, 0.1) is 15.7 Å². The summed E-state index contributed by atoms with van der Waals surface area (Å²) in [5.74, 6) is -0.201.